The number of imide groups is 1. The number of nitrogens with one attached hydrogen (secondary N) is 4. The molecular formula is C41H66N6O7. The third kappa shape index (κ3) is 9.53. The van der Waals surface area contributed by atoms with Gasteiger partial charge in [0.25, 0.3) is 5.91 Å². The Bertz CT molecular complexity index is 1470. The zero-order chi connectivity index (χ0) is 40.4. The summed E-state index contributed by atoms with van der Waals surface area (Å²) in [7, 11) is 0. The Balaban J connectivity index is 1.59. The zero-order valence-electron chi connectivity index (χ0n) is 34.2. The molecule has 4 aliphatic rings. The third-order valence-corrected chi connectivity index (χ3v) is 12.7. The van der Waals surface area contributed by atoms with Crippen LogP contribution in [0.1, 0.15) is 127 Å². The van der Waals surface area contributed by atoms with Crippen LogP contribution in [-0.4, -0.2) is 95.0 Å². The summed E-state index contributed by atoms with van der Waals surface area (Å²) in [5, 5.41) is 11.4. The second-order valence-corrected chi connectivity index (χ2v) is 19.1. The summed E-state index contributed by atoms with van der Waals surface area (Å²) in [5.74, 6) is -3.00. The first-order valence-corrected chi connectivity index (χ1v) is 20.0. The van der Waals surface area contributed by atoms with Crippen molar-refractivity contribution in [3.05, 3.63) is 12.7 Å². The molecule has 4 N–H and O–H groups in total. The molecule has 13 heteroatoms. The maximum atomic E-state index is 14.9. The minimum absolute atomic E-state index is 0.0108. The summed E-state index contributed by atoms with van der Waals surface area (Å²) in [6.07, 6.45) is 7.80. The van der Waals surface area contributed by atoms with E-state index in [9.17, 15) is 33.6 Å². The number of fused-ring (bicyclic) bond motifs is 1. The minimum Gasteiger partial charge on any atom is -0.346 e. The lowest BCUT2D eigenvalue weighted by atomic mass is 9.70. The molecule has 4 rings (SSSR count). The number of rotatable bonds is 15. The Hall–Kier alpha value is -3.77. The molecule has 4 fully saturated rings. The highest BCUT2D eigenvalue weighted by Crippen LogP contribution is 2.65. The molecule has 0 spiro atoms. The number of carbonyl (C=O) groups excluding carboxylic acids is 7. The van der Waals surface area contributed by atoms with E-state index < -0.39 is 64.0 Å². The smallest absolute Gasteiger partial charge is 0.315 e. The van der Waals surface area contributed by atoms with Gasteiger partial charge in [-0.15, -0.1) is 6.58 Å². The molecule has 0 aromatic carbocycles. The third-order valence-electron chi connectivity index (χ3n) is 12.7. The van der Waals surface area contributed by atoms with Crippen LogP contribution in [-0.2, 0) is 28.8 Å². The van der Waals surface area contributed by atoms with E-state index in [2.05, 4.69) is 41.7 Å². The van der Waals surface area contributed by atoms with Gasteiger partial charge in [-0.05, 0) is 52.8 Å². The van der Waals surface area contributed by atoms with Crippen LogP contribution in [0.5, 0.6) is 0 Å². The van der Waals surface area contributed by atoms with Crippen LogP contribution in [0.25, 0.3) is 0 Å². The Morgan fingerprint density at radius 2 is 1.54 bits per heavy atom. The summed E-state index contributed by atoms with van der Waals surface area (Å²) >= 11 is 0. The van der Waals surface area contributed by atoms with Gasteiger partial charge in [0.15, 0.2) is 0 Å². The molecule has 0 aromatic rings. The van der Waals surface area contributed by atoms with Gasteiger partial charge >= 0.3 is 6.03 Å². The lowest BCUT2D eigenvalue weighted by molar-refractivity contribution is -0.153. The van der Waals surface area contributed by atoms with Crippen LogP contribution in [0.2, 0.25) is 0 Å². The number of urea groups is 1. The average Bonchev–Trinajstić information content (AvgIpc) is 3.37. The van der Waals surface area contributed by atoms with Crippen molar-refractivity contribution in [1.29, 1.82) is 0 Å². The molecule has 0 bridgehead atoms. The van der Waals surface area contributed by atoms with E-state index in [1.165, 1.54) is 11.0 Å². The van der Waals surface area contributed by atoms with Crippen LogP contribution >= 0.6 is 0 Å². The molecule has 302 valence electrons. The summed E-state index contributed by atoms with van der Waals surface area (Å²) in [6, 6.07) is -4.08. The molecule has 2 aliphatic heterocycles. The summed E-state index contributed by atoms with van der Waals surface area (Å²) in [4.78, 5) is 98.1. The second-order valence-electron chi connectivity index (χ2n) is 19.1. The molecule has 2 saturated carbocycles. The number of Topliss-reactive ketones (excluding diaryl/α,β-unsaturated/α-hetero) is 1. The van der Waals surface area contributed by atoms with Crippen LogP contribution < -0.4 is 21.3 Å². The number of unbranched alkanes of at least 4 members (excludes halogenated alkanes) is 1. The number of carbonyl (C=O) groups is 7. The number of ketones is 1. The number of piperidine rings is 2. The Labute approximate surface area is 321 Å². The quantitative estimate of drug-likeness (QED) is 0.110. The maximum Gasteiger partial charge on any atom is 0.315 e. The molecule has 2 heterocycles. The van der Waals surface area contributed by atoms with Gasteiger partial charge in [-0.25, -0.2) is 4.79 Å². The number of amides is 7. The van der Waals surface area contributed by atoms with E-state index in [1.807, 2.05) is 48.5 Å². The molecule has 2 aliphatic carbocycles. The first-order valence-electron chi connectivity index (χ1n) is 20.0. The molecule has 0 aromatic heterocycles. The average molecular weight is 755 g/mol. The van der Waals surface area contributed by atoms with Crippen molar-refractivity contribution in [1.82, 2.24) is 31.1 Å². The van der Waals surface area contributed by atoms with Crippen LogP contribution in [0, 0.1) is 33.5 Å². The molecule has 13 nitrogen and oxygen atoms in total. The highest BCUT2D eigenvalue weighted by molar-refractivity contribution is 6.38. The predicted molar refractivity (Wildman–Crippen MR) is 206 cm³/mol. The van der Waals surface area contributed by atoms with E-state index in [0.717, 1.165) is 25.7 Å². The van der Waals surface area contributed by atoms with E-state index in [1.54, 1.807) is 4.90 Å². The van der Waals surface area contributed by atoms with Crippen molar-refractivity contribution in [2.45, 2.75) is 151 Å². The van der Waals surface area contributed by atoms with Gasteiger partial charge in [0.1, 0.15) is 12.1 Å². The van der Waals surface area contributed by atoms with Gasteiger partial charge in [-0.3, -0.25) is 33.7 Å². The van der Waals surface area contributed by atoms with E-state index in [-0.39, 0.29) is 67.3 Å². The van der Waals surface area contributed by atoms with Crippen molar-refractivity contribution in [3.8, 4) is 0 Å². The van der Waals surface area contributed by atoms with Crippen molar-refractivity contribution < 1.29 is 33.6 Å². The largest absolute Gasteiger partial charge is 0.346 e. The molecule has 2 saturated heterocycles. The molecule has 7 amide bonds. The van der Waals surface area contributed by atoms with Gasteiger partial charge in [0.2, 0.25) is 29.4 Å². The van der Waals surface area contributed by atoms with Gasteiger partial charge in [-0.1, -0.05) is 100 Å². The van der Waals surface area contributed by atoms with Crippen LogP contribution in [0.15, 0.2) is 12.7 Å². The van der Waals surface area contributed by atoms with Gasteiger partial charge in [0.05, 0.1) is 12.1 Å². The summed E-state index contributed by atoms with van der Waals surface area (Å²) in [6.45, 7) is 21.7. The van der Waals surface area contributed by atoms with Crippen molar-refractivity contribution >= 4 is 41.4 Å². The first kappa shape index (κ1) is 43.0. The topological polar surface area (TPSA) is 174 Å². The fourth-order valence-electron chi connectivity index (χ4n) is 8.97. The predicted octanol–water partition coefficient (Wildman–Crippen LogP) is 4.24. The number of likely N-dealkylation sites (tertiary alicyclic amines) is 2. The highest BCUT2D eigenvalue weighted by Gasteiger charge is 2.70. The fourth-order valence-corrected chi connectivity index (χ4v) is 8.97. The lowest BCUT2D eigenvalue weighted by Gasteiger charge is -2.44. The second kappa shape index (κ2) is 16.5. The van der Waals surface area contributed by atoms with Gasteiger partial charge < -0.3 is 26.2 Å². The van der Waals surface area contributed by atoms with Crippen molar-refractivity contribution in [2.75, 3.05) is 19.6 Å². The standard InChI is InChI=1S/C41H66N6O7/c1-11-13-17-26(32(50)35(52)42-20-12-2)43-34(51)31-30-25(40(30,8)9)23-47(31)36(53)33(41(10)18-15-14-16-19-41)45-37(54)44-27(38(3,4)5)24-46-28(48)21-39(6,7)22-29(46)49/h12,25-27,30-31,33H,2,11,13-24H2,1,3-10H3,(H,42,52)(H,43,51)(H2,44,45,54)/t25-,26?,27+,30?,31-,33+/m0/s1. The lowest BCUT2D eigenvalue weighted by Crippen LogP contribution is -2.64. The van der Waals surface area contributed by atoms with Crippen LogP contribution in [0.4, 0.5) is 4.79 Å². The number of hydrogen-bond acceptors (Lipinski definition) is 7. The van der Waals surface area contributed by atoms with Crippen molar-refractivity contribution in [3.63, 3.8) is 0 Å². The first-order chi connectivity index (χ1) is 25.1. The number of nitrogens with zero attached hydrogens (tertiary/aromatic N) is 2. The Morgan fingerprint density at radius 1 is 0.926 bits per heavy atom. The fraction of sp³-hybridized carbons (Fsp3) is 0.780. The molecule has 6 atom stereocenters. The van der Waals surface area contributed by atoms with Gasteiger partial charge in [-0.2, -0.15) is 0 Å². The summed E-state index contributed by atoms with van der Waals surface area (Å²) < 4.78 is 0. The number of hydrogen-bond donors (Lipinski definition) is 4. The van der Waals surface area contributed by atoms with E-state index in [4.69, 9.17) is 0 Å². The Kier molecular flexibility index (Phi) is 13.2. The highest BCUT2D eigenvalue weighted by atomic mass is 16.2. The summed E-state index contributed by atoms with van der Waals surface area (Å²) in [5.41, 5.74) is -1.78. The monoisotopic (exact) mass is 754 g/mol. The minimum atomic E-state index is -1.05. The van der Waals surface area contributed by atoms with E-state index in [0.29, 0.717) is 25.8 Å². The molecular weight excluding hydrogens is 688 g/mol. The molecule has 2 unspecified atom stereocenters. The SMILES string of the molecule is C=CCNC(=O)C(=O)C(CCCC)NC(=O)[C@@H]1C2[C@H](CN1C(=O)[C@@H](NC(=O)N[C@H](CN1C(=O)CC(C)(C)CC1=O)C(C)(C)C)C1(C)CCCCC1)C2(C)C. The molecule has 0 radical (unpaired) electrons. The zero-order valence-corrected chi connectivity index (χ0v) is 34.2. The van der Waals surface area contributed by atoms with Crippen LogP contribution in [0.3, 0.4) is 0 Å². The normalized spacial score (nSPS) is 25.8. The van der Waals surface area contributed by atoms with Gasteiger partial charge in [0, 0.05) is 32.5 Å². The molecule has 54 heavy (non-hydrogen) atoms. The van der Waals surface area contributed by atoms with E-state index >= 15 is 0 Å². The Morgan fingerprint density at radius 3 is 2.09 bits per heavy atom. The maximum absolute atomic E-state index is 14.9. The van der Waals surface area contributed by atoms with Crippen molar-refractivity contribution in [2.24, 2.45) is 33.5 Å².